The Hall–Kier alpha value is -0.570. The maximum Gasteiger partial charge on any atom is 0.115 e. The zero-order valence-electron chi connectivity index (χ0n) is 7.65. The molecule has 0 spiro atoms. The van der Waals surface area contributed by atoms with Gasteiger partial charge in [0.15, 0.2) is 0 Å². The number of aromatic nitrogens is 2. The zero-order valence-corrected chi connectivity index (χ0v) is 8.46. The molecule has 13 heavy (non-hydrogen) atoms. The molecule has 0 bridgehead atoms. The van der Waals surface area contributed by atoms with E-state index in [0.717, 1.165) is 10.3 Å². The van der Waals surface area contributed by atoms with Crippen LogP contribution in [-0.4, -0.2) is 15.2 Å². The number of hydrogen-bond acceptors (Lipinski definition) is 3. The molecule has 2 nitrogen and oxygen atoms in total. The topological polar surface area (TPSA) is 25.8 Å². The van der Waals surface area contributed by atoms with Gasteiger partial charge in [0.25, 0.3) is 0 Å². The molecule has 0 aromatic carbocycles. The predicted molar refractivity (Wildman–Crippen MR) is 54.8 cm³/mol. The second kappa shape index (κ2) is 4.61. The summed E-state index contributed by atoms with van der Waals surface area (Å²) >= 11 is 1.89. The van der Waals surface area contributed by atoms with Gasteiger partial charge >= 0.3 is 0 Å². The summed E-state index contributed by atoms with van der Waals surface area (Å²) in [5, 5.41) is 1.86. The molecule has 0 aliphatic heterocycles. The minimum absolute atomic E-state index is 0.783. The molecule has 1 fully saturated rings. The van der Waals surface area contributed by atoms with Gasteiger partial charge in [-0.05, 0) is 12.8 Å². The van der Waals surface area contributed by atoms with Crippen molar-refractivity contribution in [3.63, 3.8) is 0 Å². The van der Waals surface area contributed by atoms with E-state index in [-0.39, 0.29) is 0 Å². The molecule has 70 valence electrons. The van der Waals surface area contributed by atoms with Gasteiger partial charge in [-0.1, -0.05) is 19.3 Å². The van der Waals surface area contributed by atoms with E-state index in [1.807, 2.05) is 18.0 Å². The molecule has 0 atom stereocenters. The van der Waals surface area contributed by atoms with Gasteiger partial charge in [0, 0.05) is 17.6 Å². The highest BCUT2D eigenvalue weighted by molar-refractivity contribution is 7.99. The lowest BCUT2D eigenvalue weighted by atomic mass is 10.0. The van der Waals surface area contributed by atoms with E-state index in [4.69, 9.17) is 0 Å². The first-order valence-electron chi connectivity index (χ1n) is 4.88. The lowest BCUT2D eigenvalue weighted by Gasteiger charge is -2.19. The molecule has 1 aromatic rings. The highest BCUT2D eigenvalue weighted by Crippen LogP contribution is 2.31. The Labute approximate surface area is 83.2 Å². The van der Waals surface area contributed by atoms with Crippen LogP contribution in [0, 0.1) is 0 Å². The van der Waals surface area contributed by atoms with Crippen molar-refractivity contribution in [3.05, 3.63) is 18.6 Å². The molecule has 0 N–H and O–H groups in total. The van der Waals surface area contributed by atoms with E-state index in [1.165, 1.54) is 32.1 Å². The van der Waals surface area contributed by atoms with E-state index in [9.17, 15) is 0 Å². The lowest BCUT2D eigenvalue weighted by molar-refractivity contribution is 0.515. The second-order valence-electron chi connectivity index (χ2n) is 3.42. The van der Waals surface area contributed by atoms with E-state index in [2.05, 4.69) is 9.97 Å². The SMILES string of the molecule is c1cnc(SC2CCCCC2)cn1. The highest BCUT2D eigenvalue weighted by atomic mass is 32.2. The molecule has 2 rings (SSSR count). The fourth-order valence-corrected chi connectivity index (χ4v) is 2.85. The van der Waals surface area contributed by atoms with Gasteiger partial charge in [-0.25, -0.2) is 4.98 Å². The van der Waals surface area contributed by atoms with Gasteiger partial charge in [0.05, 0.1) is 6.20 Å². The average molecular weight is 194 g/mol. The van der Waals surface area contributed by atoms with Crippen LogP contribution in [0.25, 0.3) is 0 Å². The third-order valence-corrected chi connectivity index (χ3v) is 3.64. The summed E-state index contributed by atoms with van der Waals surface area (Å²) in [5.74, 6) is 0. The van der Waals surface area contributed by atoms with Gasteiger partial charge in [-0.15, -0.1) is 11.8 Å². The summed E-state index contributed by atoms with van der Waals surface area (Å²) in [7, 11) is 0. The molecular weight excluding hydrogens is 180 g/mol. The Balaban J connectivity index is 1.90. The molecule has 1 saturated carbocycles. The minimum Gasteiger partial charge on any atom is -0.260 e. The normalized spacial score (nSPS) is 18.8. The molecule has 0 amide bonds. The Morgan fingerprint density at radius 2 is 2.00 bits per heavy atom. The largest absolute Gasteiger partial charge is 0.260 e. The predicted octanol–water partition coefficient (Wildman–Crippen LogP) is 2.90. The summed E-state index contributed by atoms with van der Waals surface area (Å²) in [6.45, 7) is 0. The summed E-state index contributed by atoms with van der Waals surface area (Å²) in [5.41, 5.74) is 0. The fraction of sp³-hybridized carbons (Fsp3) is 0.600. The van der Waals surface area contributed by atoms with Crippen molar-refractivity contribution in [2.24, 2.45) is 0 Å². The summed E-state index contributed by atoms with van der Waals surface area (Å²) in [6, 6.07) is 0. The van der Waals surface area contributed by atoms with Crippen LogP contribution in [0.3, 0.4) is 0 Å². The van der Waals surface area contributed by atoms with Crippen molar-refractivity contribution in [2.45, 2.75) is 42.4 Å². The summed E-state index contributed by atoms with van der Waals surface area (Å²) in [6.07, 6.45) is 12.2. The quantitative estimate of drug-likeness (QED) is 0.724. The molecule has 1 aliphatic rings. The second-order valence-corrected chi connectivity index (χ2v) is 4.74. The van der Waals surface area contributed by atoms with Crippen molar-refractivity contribution in [1.29, 1.82) is 0 Å². The van der Waals surface area contributed by atoms with Crippen molar-refractivity contribution < 1.29 is 0 Å². The van der Waals surface area contributed by atoms with E-state index in [1.54, 1.807) is 12.4 Å². The fourth-order valence-electron chi connectivity index (χ4n) is 1.70. The maximum atomic E-state index is 4.27. The monoisotopic (exact) mass is 194 g/mol. The third-order valence-electron chi connectivity index (χ3n) is 2.38. The lowest BCUT2D eigenvalue weighted by Crippen LogP contribution is -2.07. The van der Waals surface area contributed by atoms with Crippen molar-refractivity contribution in [3.8, 4) is 0 Å². The molecular formula is C10H14N2S. The average Bonchev–Trinajstić information content (AvgIpc) is 2.21. The van der Waals surface area contributed by atoms with Crippen molar-refractivity contribution >= 4 is 11.8 Å². The first-order chi connectivity index (χ1) is 6.45. The maximum absolute atomic E-state index is 4.27. The van der Waals surface area contributed by atoms with Gasteiger partial charge in [0.2, 0.25) is 0 Å². The number of hydrogen-bond donors (Lipinski definition) is 0. The Morgan fingerprint density at radius 1 is 1.15 bits per heavy atom. The first-order valence-corrected chi connectivity index (χ1v) is 5.76. The molecule has 1 aromatic heterocycles. The minimum atomic E-state index is 0.783. The van der Waals surface area contributed by atoms with Gasteiger partial charge in [-0.3, -0.25) is 4.98 Å². The van der Waals surface area contributed by atoms with Crippen LogP contribution in [0.4, 0.5) is 0 Å². The molecule has 3 heteroatoms. The van der Waals surface area contributed by atoms with Crippen LogP contribution in [-0.2, 0) is 0 Å². The Bertz CT molecular complexity index is 244. The Kier molecular flexibility index (Phi) is 3.19. The van der Waals surface area contributed by atoms with E-state index >= 15 is 0 Å². The van der Waals surface area contributed by atoms with Gasteiger partial charge in [0.1, 0.15) is 5.03 Å². The van der Waals surface area contributed by atoms with E-state index < -0.39 is 0 Å². The van der Waals surface area contributed by atoms with E-state index in [0.29, 0.717) is 0 Å². The van der Waals surface area contributed by atoms with Crippen LogP contribution in [0.2, 0.25) is 0 Å². The van der Waals surface area contributed by atoms with Crippen molar-refractivity contribution in [2.75, 3.05) is 0 Å². The van der Waals surface area contributed by atoms with Crippen LogP contribution in [0.5, 0.6) is 0 Å². The number of thioether (sulfide) groups is 1. The first kappa shape index (κ1) is 9.00. The molecule has 0 unspecified atom stereocenters. The highest BCUT2D eigenvalue weighted by Gasteiger charge is 2.14. The standard InChI is InChI=1S/C10H14N2S/c1-2-4-9(5-3-1)13-10-8-11-6-7-12-10/h6-9H,1-5H2. The third kappa shape index (κ3) is 2.69. The molecule has 0 radical (unpaired) electrons. The van der Waals surface area contributed by atoms with Crippen LogP contribution in [0.15, 0.2) is 23.6 Å². The summed E-state index contributed by atoms with van der Waals surface area (Å²) in [4.78, 5) is 8.34. The van der Waals surface area contributed by atoms with Crippen LogP contribution < -0.4 is 0 Å². The van der Waals surface area contributed by atoms with Crippen LogP contribution in [0.1, 0.15) is 32.1 Å². The zero-order chi connectivity index (χ0) is 8.93. The van der Waals surface area contributed by atoms with Gasteiger partial charge in [-0.2, -0.15) is 0 Å². The van der Waals surface area contributed by atoms with Crippen LogP contribution >= 0.6 is 11.8 Å². The Morgan fingerprint density at radius 3 is 2.69 bits per heavy atom. The summed E-state index contributed by atoms with van der Waals surface area (Å²) < 4.78 is 0. The molecule has 0 saturated heterocycles. The number of rotatable bonds is 2. The molecule has 1 aliphatic carbocycles. The number of nitrogens with zero attached hydrogens (tertiary/aromatic N) is 2. The smallest absolute Gasteiger partial charge is 0.115 e. The van der Waals surface area contributed by atoms with Crippen molar-refractivity contribution in [1.82, 2.24) is 9.97 Å². The van der Waals surface area contributed by atoms with Gasteiger partial charge < -0.3 is 0 Å². The molecule has 1 heterocycles.